The molecule has 1 N–H and O–H groups in total. The highest BCUT2D eigenvalue weighted by Crippen LogP contribution is 2.28. The second-order valence-electron chi connectivity index (χ2n) is 6.66. The lowest BCUT2D eigenvalue weighted by molar-refractivity contribution is 0.102. The maximum absolute atomic E-state index is 12.6. The van der Waals surface area contributed by atoms with E-state index in [9.17, 15) is 4.79 Å². The van der Waals surface area contributed by atoms with Crippen molar-refractivity contribution in [3.8, 4) is 5.75 Å². The predicted octanol–water partition coefficient (Wildman–Crippen LogP) is 3.88. The number of hydrogen-bond acceptors (Lipinski definition) is 5. The lowest BCUT2D eigenvalue weighted by Gasteiger charge is -2.28. The first kappa shape index (κ1) is 17.3. The third kappa shape index (κ3) is 3.69. The van der Waals surface area contributed by atoms with Crippen LogP contribution in [-0.4, -0.2) is 36.1 Å². The van der Waals surface area contributed by atoms with E-state index in [1.165, 1.54) is 19.3 Å². The van der Waals surface area contributed by atoms with Gasteiger partial charge in [-0.05, 0) is 55.7 Å². The summed E-state index contributed by atoms with van der Waals surface area (Å²) in [6.07, 6.45) is 5.23. The van der Waals surface area contributed by atoms with Gasteiger partial charge in [-0.3, -0.25) is 4.79 Å². The summed E-state index contributed by atoms with van der Waals surface area (Å²) in [5, 5.41) is 3.92. The van der Waals surface area contributed by atoms with Crippen LogP contribution in [0.4, 0.5) is 11.5 Å². The van der Waals surface area contributed by atoms with Crippen molar-refractivity contribution in [2.24, 2.45) is 0 Å². The molecule has 2 aromatic carbocycles. The standard InChI is InChI=1S/C21H22N4O2/c1-27-17-7-5-6-15(12-17)21(26)24-16-8-9-19-18(13-16)20(23-14-22-19)25-10-3-2-4-11-25/h5-9,12-14H,2-4,10-11H2,1H3,(H,24,26). The molecular formula is C21H22N4O2. The number of hydrogen-bond donors (Lipinski definition) is 1. The van der Waals surface area contributed by atoms with Crippen molar-refractivity contribution in [1.82, 2.24) is 9.97 Å². The molecule has 0 saturated carbocycles. The van der Waals surface area contributed by atoms with E-state index in [2.05, 4.69) is 20.2 Å². The highest BCUT2D eigenvalue weighted by molar-refractivity contribution is 6.05. The van der Waals surface area contributed by atoms with Gasteiger partial charge in [0.2, 0.25) is 0 Å². The van der Waals surface area contributed by atoms with E-state index in [1.807, 2.05) is 24.3 Å². The molecule has 6 nitrogen and oxygen atoms in total. The number of methoxy groups -OCH3 is 1. The fraction of sp³-hybridized carbons (Fsp3) is 0.286. The predicted molar refractivity (Wildman–Crippen MR) is 107 cm³/mol. The Kier molecular flexibility index (Phi) is 4.87. The molecule has 3 aromatic rings. The van der Waals surface area contributed by atoms with Crippen LogP contribution >= 0.6 is 0 Å². The van der Waals surface area contributed by atoms with Gasteiger partial charge >= 0.3 is 0 Å². The lowest BCUT2D eigenvalue weighted by atomic mass is 10.1. The molecule has 1 aliphatic heterocycles. The number of carbonyl (C=O) groups is 1. The molecule has 2 heterocycles. The molecule has 1 saturated heterocycles. The van der Waals surface area contributed by atoms with Gasteiger partial charge in [0.05, 0.1) is 12.6 Å². The first-order chi connectivity index (χ1) is 13.2. The molecule has 1 aromatic heterocycles. The molecule has 4 rings (SSSR count). The minimum absolute atomic E-state index is 0.176. The summed E-state index contributed by atoms with van der Waals surface area (Å²) in [7, 11) is 1.59. The van der Waals surface area contributed by atoms with Crippen molar-refractivity contribution >= 4 is 28.3 Å². The number of benzene rings is 2. The number of nitrogens with zero attached hydrogens (tertiary/aromatic N) is 3. The average Bonchev–Trinajstić information content (AvgIpc) is 2.74. The van der Waals surface area contributed by atoms with Crippen LogP contribution in [0.5, 0.6) is 5.75 Å². The monoisotopic (exact) mass is 362 g/mol. The second kappa shape index (κ2) is 7.61. The van der Waals surface area contributed by atoms with Gasteiger partial charge in [0.1, 0.15) is 17.9 Å². The summed E-state index contributed by atoms with van der Waals surface area (Å²) in [5.41, 5.74) is 2.16. The Labute approximate surface area is 158 Å². The average molecular weight is 362 g/mol. The first-order valence-corrected chi connectivity index (χ1v) is 9.20. The number of amides is 1. The van der Waals surface area contributed by atoms with Gasteiger partial charge in [0, 0.05) is 29.7 Å². The first-order valence-electron chi connectivity index (χ1n) is 9.20. The molecule has 138 valence electrons. The molecular weight excluding hydrogens is 340 g/mol. The van der Waals surface area contributed by atoms with Gasteiger partial charge < -0.3 is 15.0 Å². The fourth-order valence-corrected chi connectivity index (χ4v) is 3.45. The van der Waals surface area contributed by atoms with Crippen molar-refractivity contribution in [1.29, 1.82) is 0 Å². The maximum Gasteiger partial charge on any atom is 0.255 e. The molecule has 0 unspecified atom stereocenters. The minimum Gasteiger partial charge on any atom is -0.497 e. The van der Waals surface area contributed by atoms with Crippen molar-refractivity contribution in [2.75, 3.05) is 30.4 Å². The molecule has 0 radical (unpaired) electrons. The largest absolute Gasteiger partial charge is 0.497 e. The van der Waals surface area contributed by atoms with Crippen LogP contribution in [0.3, 0.4) is 0 Å². The van der Waals surface area contributed by atoms with Crippen LogP contribution in [0.15, 0.2) is 48.8 Å². The Morgan fingerprint density at radius 1 is 1.07 bits per heavy atom. The molecule has 0 atom stereocenters. The highest BCUT2D eigenvalue weighted by atomic mass is 16.5. The van der Waals surface area contributed by atoms with E-state index < -0.39 is 0 Å². The summed E-state index contributed by atoms with van der Waals surface area (Å²) in [4.78, 5) is 23.8. The van der Waals surface area contributed by atoms with Gasteiger partial charge in [-0.1, -0.05) is 6.07 Å². The Balaban J connectivity index is 1.63. The molecule has 1 aliphatic rings. The number of ether oxygens (including phenoxy) is 1. The smallest absolute Gasteiger partial charge is 0.255 e. The Bertz CT molecular complexity index is 967. The number of carbonyl (C=O) groups excluding carboxylic acids is 1. The van der Waals surface area contributed by atoms with Crippen molar-refractivity contribution < 1.29 is 9.53 Å². The van der Waals surface area contributed by atoms with Gasteiger partial charge in [0.25, 0.3) is 5.91 Å². The zero-order valence-corrected chi connectivity index (χ0v) is 15.3. The van der Waals surface area contributed by atoms with Crippen LogP contribution < -0.4 is 15.0 Å². The van der Waals surface area contributed by atoms with Crippen molar-refractivity contribution in [3.05, 3.63) is 54.4 Å². The van der Waals surface area contributed by atoms with Gasteiger partial charge in [0.15, 0.2) is 0 Å². The van der Waals surface area contributed by atoms with Gasteiger partial charge in [-0.25, -0.2) is 9.97 Å². The quantitative estimate of drug-likeness (QED) is 0.763. The highest BCUT2D eigenvalue weighted by Gasteiger charge is 2.16. The van der Waals surface area contributed by atoms with Gasteiger partial charge in [-0.2, -0.15) is 0 Å². The lowest BCUT2D eigenvalue weighted by Crippen LogP contribution is -2.30. The van der Waals surface area contributed by atoms with Crippen LogP contribution in [0.1, 0.15) is 29.6 Å². The third-order valence-electron chi connectivity index (χ3n) is 4.86. The Hall–Kier alpha value is -3.15. The zero-order valence-electron chi connectivity index (χ0n) is 15.3. The summed E-state index contributed by atoms with van der Waals surface area (Å²) in [6.45, 7) is 2.01. The number of fused-ring (bicyclic) bond motifs is 1. The molecule has 6 heteroatoms. The second-order valence-corrected chi connectivity index (χ2v) is 6.66. The fourth-order valence-electron chi connectivity index (χ4n) is 3.45. The van der Waals surface area contributed by atoms with Crippen molar-refractivity contribution in [3.63, 3.8) is 0 Å². The number of anilines is 2. The van der Waals surface area contributed by atoms with E-state index in [0.29, 0.717) is 11.3 Å². The SMILES string of the molecule is COc1cccc(C(=O)Nc2ccc3ncnc(N4CCCCC4)c3c2)c1. The molecule has 1 amide bonds. The van der Waals surface area contributed by atoms with Gasteiger partial charge in [-0.15, -0.1) is 0 Å². The molecule has 0 bridgehead atoms. The van der Waals surface area contributed by atoms with E-state index >= 15 is 0 Å². The Morgan fingerprint density at radius 2 is 1.93 bits per heavy atom. The summed E-state index contributed by atoms with van der Waals surface area (Å²) < 4.78 is 5.19. The van der Waals surface area contributed by atoms with Crippen LogP contribution in [0.25, 0.3) is 10.9 Å². The number of piperidine rings is 1. The minimum atomic E-state index is -0.176. The maximum atomic E-state index is 12.6. The van der Waals surface area contributed by atoms with E-state index in [0.717, 1.165) is 35.5 Å². The number of rotatable bonds is 4. The Morgan fingerprint density at radius 3 is 2.74 bits per heavy atom. The van der Waals surface area contributed by atoms with Crippen LogP contribution in [-0.2, 0) is 0 Å². The number of nitrogens with one attached hydrogen (secondary N) is 1. The molecule has 0 spiro atoms. The molecule has 27 heavy (non-hydrogen) atoms. The van der Waals surface area contributed by atoms with E-state index in [1.54, 1.807) is 31.6 Å². The van der Waals surface area contributed by atoms with Crippen molar-refractivity contribution in [2.45, 2.75) is 19.3 Å². The van der Waals surface area contributed by atoms with Crippen LogP contribution in [0, 0.1) is 0 Å². The summed E-state index contributed by atoms with van der Waals surface area (Å²) in [6, 6.07) is 12.8. The van der Waals surface area contributed by atoms with Crippen LogP contribution in [0.2, 0.25) is 0 Å². The van der Waals surface area contributed by atoms with E-state index in [-0.39, 0.29) is 5.91 Å². The summed E-state index contributed by atoms with van der Waals surface area (Å²) >= 11 is 0. The number of aromatic nitrogens is 2. The van der Waals surface area contributed by atoms with E-state index in [4.69, 9.17) is 4.74 Å². The molecule has 0 aliphatic carbocycles. The zero-order chi connectivity index (χ0) is 18.6. The molecule has 1 fully saturated rings. The topological polar surface area (TPSA) is 67.3 Å². The third-order valence-corrected chi connectivity index (χ3v) is 4.86. The normalized spacial score (nSPS) is 14.2. The summed E-state index contributed by atoms with van der Waals surface area (Å²) in [5.74, 6) is 1.42.